The number of nitrogens with one attached hydrogen (secondary N) is 1. The zero-order valence-electron chi connectivity index (χ0n) is 13.4. The molecule has 1 rings (SSSR count). The first-order valence-electron chi connectivity index (χ1n) is 7.11. The van der Waals surface area contributed by atoms with Crippen molar-refractivity contribution in [2.45, 2.75) is 19.8 Å². The van der Waals surface area contributed by atoms with E-state index in [0.29, 0.717) is 6.42 Å². The summed E-state index contributed by atoms with van der Waals surface area (Å²) < 4.78 is 9.29. The van der Waals surface area contributed by atoms with Gasteiger partial charge in [0.2, 0.25) is 0 Å². The van der Waals surface area contributed by atoms with E-state index in [-0.39, 0.29) is 35.7 Å². The number of nitro benzene ring substituents is 1. The second-order valence-corrected chi connectivity index (χ2v) is 4.81. The molecule has 0 atom stereocenters. The Hall–Kier alpha value is -2.97. The van der Waals surface area contributed by atoms with E-state index in [9.17, 15) is 24.5 Å². The molecule has 1 aromatic carbocycles. The average Bonchev–Trinajstić information content (AvgIpc) is 2.56. The molecule has 0 radical (unpaired) electrons. The van der Waals surface area contributed by atoms with Crippen LogP contribution in [0.4, 0.5) is 5.69 Å². The lowest BCUT2D eigenvalue weighted by molar-refractivity contribution is -0.385. The second kappa shape index (κ2) is 9.23. The van der Waals surface area contributed by atoms with Crippen molar-refractivity contribution >= 4 is 23.5 Å². The highest BCUT2D eigenvalue weighted by Gasteiger charge is 2.19. The quantitative estimate of drug-likeness (QED) is 0.326. The third-order valence-corrected chi connectivity index (χ3v) is 3.16. The maximum Gasteiger partial charge on any atom is 0.339 e. The van der Waals surface area contributed by atoms with Crippen LogP contribution < -0.4 is 5.32 Å². The van der Waals surface area contributed by atoms with Crippen LogP contribution in [0.1, 0.15) is 28.8 Å². The van der Waals surface area contributed by atoms with E-state index in [1.165, 1.54) is 32.2 Å². The lowest BCUT2D eigenvalue weighted by Gasteiger charge is -2.08. The van der Waals surface area contributed by atoms with E-state index >= 15 is 0 Å². The third-order valence-electron chi connectivity index (χ3n) is 3.16. The number of ether oxygens (including phenoxy) is 2. The van der Waals surface area contributed by atoms with Crippen LogP contribution in [0.25, 0.3) is 0 Å². The monoisotopic (exact) mass is 338 g/mol. The van der Waals surface area contributed by atoms with Crippen LogP contribution in [0, 0.1) is 17.0 Å². The summed E-state index contributed by atoms with van der Waals surface area (Å²) in [4.78, 5) is 44.6. The van der Waals surface area contributed by atoms with Crippen LogP contribution in [0.5, 0.6) is 0 Å². The molecule has 24 heavy (non-hydrogen) atoms. The van der Waals surface area contributed by atoms with Crippen LogP contribution in [-0.4, -0.2) is 43.0 Å². The van der Waals surface area contributed by atoms with Crippen molar-refractivity contribution in [3.05, 3.63) is 39.4 Å². The Bertz CT molecular complexity index is 643. The number of benzene rings is 1. The Labute approximate surface area is 138 Å². The number of methoxy groups -OCH3 is 1. The minimum absolute atomic E-state index is 0.0303. The highest BCUT2D eigenvalue weighted by molar-refractivity contribution is 5.93. The van der Waals surface area contributed by atoms with E-state index in [1.807, 2.05) is 0 Å². The number of hydrogen-bond acceptors (Lipinski definition) is 7. The van der Waals surface area contributed by atoms with E-state index in [1.54, 1.807) is 0 Å². The van der Waals surface area contributed by atoms with Gasteiger partial charge in [-0.2, -0.15) is 0 Å². The summed E-state index contributed by atoms with van der Waals surface area (Å²) in [6.07, 6.45) is 0.569. The van der Waals surface area contributed by atoms with Crippen LogP contribution in [0.3, 0.4) is 0 Å². The minimum Gasteiger partial charge on any atom is -0.469 e. The summed E-state index contributed by atoms with van der Waals surface area (Å²) in [5.74, 6) is -1.73. The van der Waals surface area contributed by atoms with Crippen molar-refractivity contribution in [1.82, 2.24) is 5.32 Å². The summed E-state index contributed by atoms with van der Waals surface area (Å²) in [6.45, 7) is 1.15. The van der Waals surface area contributed by atoms with Gasteiger partial charge in [-0.1, -0.05) is 6.07 Å². The molecule has 0 fully saturated rings. The normalized spacial score (nSPS) is 9.92. The number of nitro groups is 1. The lowest BCUT2D eigenvalue weighted by Crippen LogP contribution is -2.30. The molecule has 0 aliphatic carbocycles. The molecule has 1 N–H and O–H groups in total. The molecule has 1 amide bonds. The fraction of sp³-hybridized carbons (Fsp3) is 0.400. The summed E-state index contributed by atoms with van der Waals surface area (Å²) in [6, 6.07) is 4.04. The summed E-state index contributed by atoms with van der Waals surface area (Å²) in [5.41, 5.74) is 0.00499. The zero-order chi connectivity index (χ0) is 18.1. The maximum absolute atomic E-state index is 11.9. The van der Waals surface area contributed by atoms with Gasteiger partial charge >= 0.3 is 11.9 Å². The van der Waals surface area contributed by atoms with E-state index in [2.05, 4.69) is 10.1 Å². The largest absolute Gasteiger partial charge is 0.469 e. The number of carbonyl (C=O) groups is 3. The number of rotatable bonds is 8. The molecular formula is C15H18N2O7. The van der Waals surface area contributed by atoms with E-state index < -0.39 is 23.4 Å². The smallest absolute Gasteiger partial charge is 0.339 e. The molecule has 0 aliphatic heterocycles. The van der Waals surface area contributed by atoms with E-state index in [4.69, 9.17) is 4.74 Å². The highest BCUT2D eigenvalue weighted by atomic mass is 16.6. The SMILES string of the molecule is COC(=O)CCCNC(=O)COC(=O)c1cccc([N+](=O)[O-])c1C. The van der Waals surface area contributed by atoms with Crippen LogP contribution in [0.15, 0.2) is 18.2 Å². The zero-order valence-corrected chi connectivity index (χ0v) is 13.4. The molecule has 9 nitrogen and oxygen atoms in total. The highest BCUT2D eigenvalue weighted by Crippen LogP contribution is 2.21. The van der Waals surface area contributed by atoms with Crippen LogP contribution in [0.2, 0.25) is 0 Å². The number of amides is 1. The molecule has 0 aliphatic rings. The first kappa shape index (κ1) is 19.1. The molecule has 0 bridgehead atoms. The summed E-state index contributed by atoms with van der Waals surface area (Å²) in [5, 5.41) is 13.3. The van der Waals surface area contributed by atoms with Crippen molar-refractivity contribution in [3.63, 3.8) is 0 Å². The van der Waals surface area contributed by atoms with Gasteiger partial charge in [0, 0.05) is 24.6 Å². The van der Waals surface area contributed by atoms with Gasteiger partial charge in [0.05, 0.1) is 17.6 Å². The van der Waals surface area contributed by atoms with Gasteiger partial charge in [-0.3, -0.25) is 19.7 Å². The maximum atomic E-state index is 11.9. The lowest BCUT2D eigenvalue weighted by atomic mass is 10.1. The number of nitrogens with zero attached hydrogens (tertiary/aromatic N) is 1. The van der Waals surface area contributed by atoms with Crippen LogP contribution in [-0.2, 0) is 19.1 Å². The molecule has 0 unspecified atom stereocenters. The van der Waals surface area contributed by atoms with Gasteiger partial charge in [0.25, 0.3) is 11.6 Å². The van der Waals surface area contributed by atoms with E-state index in [0.717, 1.165) is 0 Å². The van der Waals surface area contributed by atoms with Gasteiger partial charge in [-0.05, 0) is 19.4 Å². The fourth-order valence-electron chi connectivity index (χ4n) is 1.86. The Morgan fingerprint density at radius 1 is 1.29 bits per heavy atom. The third kappa shape index (κ3) is 5.67. The number of esters is 2. The predicted octanol–water partition coefficient (Wildman–Crippen LogP) is 1.13. The fourth-order valence-corrected chi connectivity index (χ4v) is 1.86. The van der Waals surface area contributed by atoms with Crippen LogP contribution >= 0.6 is 0 Å². The number of carbonyl (C=O) groups excluding carboxylic acids is 3. The topological polar surface area (TPSA) is 125 Å². The van der Waals surface area contributed by atoms with Crippen molar-refractivity contribution in [3.8, 4) is 0 Å². The predicted molar refractivity (Wildman–Crippen MR) is 82.4 cm³/mol. The Balaban J connectivity index is 2.46. The number of hydrogen-bond donors (Lipinski definition) is 1. The molecule has 0 saturated heterocycles. The first-order valence-corrected chi connectivity index (χ1v) is 7.11. The molecule has 0 saturated carbocycles. The van der Waals surface area contributed by atoms with Crippen molar-refractivity contribution in [2.75, 3.05) is 20.3 Å². The molecule has 0 spiro atoms. The molecular weight excluding hydrogens is 320 g/mol. The first-order chi connectivity index (χ1) is 11.4. The molecule has 1 aromatic rings. The second-order valence-electron chi connectivity index (χ2n) is 4.81. The molecule has 0 heterocycles. The molecule has 130 valence electrons. The van der Waals surface area contributed by atoms with Crippen molar-refractivity contribution in [2.24, 2.45) is 0 Å². The molecule has 0 aromatic heterocycles. The van der Waals surface area contributed by atoms with Gasteiger partial charge in [-0.25, -0.2) is 4.79 Å². The van der Waals surface area contributed by atoms with Gasteiger partial charge in [-0.15, -0.1) is 0 Å². The minimum atomic E-state index is -0.819. The van der Waals surface area contributed by atoms with Crippen molar-refractivity contribution < 1.29 is 28.8 Å². The molecule has 9 heteroatoms. The Kier molecular flexibility index (Phi) is 7.34. The van der Waals surface area contributed by atoms with Gasteiger partial charge in [0.15, 0.2) is 6.61 Å². The van der Waals surface area contributed by atoms with Gasteiger partial charge in [0.1, 0.15) is 0 Å². The average molecular weight is 338 g/mol. The Morgan fingerprint density at radius 2 is 2.00 bits per heavy atom. The standard InChI is InChI=1S/C15H18N2O7/c1-10-11(5-3-6-12(10)17(21)22)15(20)24-9-13(18)16-8-4-7-14(19)23-2/h3,5-6H,4,7-9H2,1-2H3,(H,16,18). The van der Waals surface area contributed by atoms with Crippen molar-refractivity contribution in [1.29, 1.82) is 0 Å². The van der Waals surface area contributed by atoms with Gasteiger partial charge < -0.3 is 14.8 Å². The summed E-state index contributed by atoms with van der Waals surface area (Å²) in [7, 11) is 1.27. The Morgan fingerprint density at radius 3 is 2.62 bits per heavy atom. The summed E-state index contributed by atoms with van der Waals surface area (Å²) >= 11 is 0.